The lowest BCUT2D eigenvalue weighted by Gasteiger charge is -2.15. The maximum Gasteiger partial charge on any atom is 0.319 e. The third-order valence-electron chi connectivity index (χ3n) is 7.50. The van der Waals surface area contributed by atoms with Crippen LogP contribution < -0.4 is 16.0 Å². The Kier molecular flexibility index (Phi) is 8.79. The number of hydrogen-bond acceptors (Lipinski definition) is 6. The molecule has 3 aromatic carbocycles. The van der Waals surface area contributed by atoms with Gasteiger partial charge in [-0.05, 0) is 81.0 Å². The number of nitrogens with one attached hydrogen (secondary N) is 3. The highest BCUT2D eigenvalue weighted by Gasteiger charge is 2.18. The Hall–Kier alpha value is -5.54. The van der Waals surface area contributed by atoms with Gasteiger partial charge in [-0.2, -0.15) is 0 Å². The predicted octanol–water partition coefficient (Wildman–Crippen LogP) is 7.19. The van der Waals surface area contributed by atoms with Crippen molar-refractivity contribution in [2.45, 2.75) is 19.4 Å². The summed E-state index contributed by atoms with van der Waals surface area (Å²) < 4.78 is 2.03. The first-order valence-electron chi connectivity index (χ1n) is 15.0. The number of urea groups is 1. The molecule has 0 aliphatic carbocycles. The van der Waals surface area contributed by atoms with Gasteiger partial charge in [0.15, 0.2) is 0 Å². The van der Waals surface area contributed by atoms with Crippen LogP contribution in [-0.2, 0) is 6.42 Å². The minimum atomic E-state index is -0.281. The van der Waals surface area contributed by atoms with Gasteiger partial charge in [0.25, 0.3) is 0 Å². The molecule has 6 aromatic rings. The molecule has 3 aromatic heterocycles. The number of aromatic nitrogens is 4. The number of fused-ring (bicyclic) bond motifs is 1. The zero-order chi connectivity index (χ0) is 31.2. The lowest BCUT2D eigenvalue weighted by molar-refractivity contribution is 0.249. The summed E-state index contributed by atoms with van der Waals surface area (Å²) in [5.41, 5.74) is 7.80. The van der Waals surface area contributed by atoms with Crippen LogP contribution in [0.5, 0.6) is 0 Å². The van der Waals surface area contributed by atoms with Crippen LogP contribution in [0, 0.1) is 0 Å². The lowest BCUT2D eigenvalue weighted by Crippen LogP contribution is -2.31. The standard InChI is InChI=1S/C36H36N8O/c1-25(27-12-5-4-6-13-27)38-36(45)40-30-16-10-14-28(24-30)33-34(44-21-8-7-17-32(44)42-33)31-18-20-37-35(41-31)39-29-15-9-11-26(23-29)19-22-43(2)3/h4-18,20-21,23-25H,19,22H2,1-3H3,(H,37,39,41)(H2,38,40,45)/t25-/m1/s1. The summed E-state index contributed by atoms with van der Waals surface area (Å²) in [5.74, 6) is 0.494. The molecule has 0 fully saturated rings. The van der Waals surface area contributed by atoms with Crippen LogP contribution >= 0.6 is 0 Å². The van der Waals surface area contributed by atoms with Gasteiger partial charge in [-0.15, -0.1) is 0 Å². The Bertz CT molecular complexity index is 1920. The Balaban J connectivity index is 1.28. The van der Waals surface area contributed by atoms with E-state index in [0.29, 0.717) is 11.6 Å². The molecule has 0 saturated heterocycles. The fourth-order valence-electron chi connectivity index (χ4n) is 5.21. The number of carbonyl (C=O) groups excluding carboxylic acids is 1. The molecule has 226 valence electrons. The molecule has 3 heterocycles. The van der Waals surface area contributed by atoms with E-state index in [1.54, 1.807) is 6.20 Å². The normalized spacial score (nSPS) is 11.8. The summed E-state index contributed by atoms with van der Waals surface area (Å²) in [5, 5.41) is 9.37. The van der Waals surface area contributed by atoms with E-state index in [1.165, 1.54) is 5.56 Å². The largest absolute Gasteiger partial charge is 0.331 e. The van der Waals surface area contributed by atoms with Crippen LogP contribution in [0.1, 0.15) is 24.1 Å². The molecule has 9 heteroatoms. The first-order chi connectivity index (χ1) is 21.9. The van der Waals surface area contributed by atoms with E-state index in [-0.39, 0.29) is 12.1 Å². The van der Waals surface area contributed by atoms with Crippen molar-refractivity contribution < 1.29 is 4.79 Å². The number of anilines is 3. The van der Waals surface area contributed by atoms with Crippen molar-refractivity contribution in [3.05, 3.63) is 127 Å². The third-order valence-corrected chi connectivity index (χ3v) is 7.50. The number of pyridine rings is 1. The van der Waals surface area contributed by atoms with Crippen molar-refractivity contribution in [1.82, 2.24) is 29.6 Å². The topological polar surface area (TPSA) is 99.5 Å². The van der Waals surface area contributed by atoms with Gasteiger partial charge in [-0.1, -0.05) is 60.7 Å². The van der Waals surface area contributed by atoms with Gasteiger partial charge >= 0.3 is 6.03 Å². The molecular weight excluding hydrogens is 560 g/mol. The molecule has 9 nitrogen and oxygen atoms in total. The van der Waals surface area contributed by atoms with Gasteiger partial charge in [-0.25, -0.2) is 19.7 Å². The van der Waals surface area contributed by atoms with Crippen LogP contribution in [0.3, 0.4) is 0 Å². The summed E-state index contributed by atoms with van der Waals surface area (Å²) in [6.07, 6.45) is 4.68. The number of hydrogen-bond donors (Lipinski definition) is 3. The zero-order valence-electron chi connectivity index (χ0n) is 25.6. The molecule has 0 bridgehead atoms. The molecule has 0 unspecified atom stereocenters. The average Bonchev–Trinajstić information content (AvgIpc) is 3.44. The molecule has 6 rings (SSSR count). The summed E-state index contributed by atoms with van der Waals surface area (Å²) in [7, 11) is 4.15. The Morgan fingerprint density at radius 1 is 0.867 bits per heavy atom. The fourth-order valence-corrected chi connectivity index (χ4v) is 5.21. The van der Waals surface area contributed by atoms with E-state index >= 15 is 0 Å². The van der Waals surface area contributed by atoms with Crippen LogP contribution in [0.15, 0.2) is 116 Å². The number of rotatable bonds is 10. The van der Waals surface area contributed by atoms with E-state index in [4.69, 9.17) is 9.97 Å². The second-order valence-electron chi connectivity index (χ2n) is 11.2. The number of amides is 2. The number of likely N-dealkylation sites (N-methyl/N-ethyl adjacent to an activating group) is 1. The van der Waals surface area contributed by atoms with Crippen molar-refractivity contribution >= 4 is 29.0 Å². The molecule has 0 aliphatic rings. The van der Waals surface area contributed by atoms with Gasteiger partial charge in [0.1, 0.15) is 5.65 Å². The monoisotopic (exact) mass is 596 g/mol. The van der Waals surface area contributed by atoms with E-state index < -0.39 is 0 Å². The number of nitrogens with zero attached hydrogens (tertiary/aromatic N) is 5. The highest BCUT2D eigenvalue weighted by molar-refractivity contribution is 5.91. The summed E-state index contributed by atoms with van der Waals surface area (Å²) in [6, 6.07) is 33.3. The third kappa shape index (κ3) is 7.17. The molecule has 0 aliphatic heterocycles. The summed E-state index contributed by atoms with van der Waals surface area (Å²) >= 11 is 0. The molecule has 0 saturated carbocycles. The van der Waals surface area contributed by atoms with Crippen molar-refractivity contribution in [3.63, 3.8) is 0 Å². The van der Waals surface area contributed by atoms with Crippen molar-refractivity contribution in [3.8, 4) is 22.6 Å². The van der Waals surface area contributed by atoms with E-state index in [0.717, 1.165) is 52.5 Å². The molecule has 0 radical (unpaired) electrons. The predicted molar refractivity (Wildman–Crippen MR) is 181 cm³/mol. The molecule has 0 spiro atoms. The number of carbonyl (C=O) groups is 1. The van der Waals surface area contributed by atoms with Crippen molar-refractivity contribution in [2.24, 2.45) is 0 Å². The van der Waals surface area contributed by atoms with E-state index in [9.17, 15) is 4.79 Å². The highest BCUT2D eigenvalue weighted by Crippen LogP contribution is 2.33. The Morgan fingerprint density at radius 3 is 2.51 bits per heavy atom. The maximum atomic E-state index is 12.9. The van der Waals surface area contributed by atoms with E-state index in [2.05, 4.69) is 52.1 Å². The minimum Gasteiger partial charge on any atom is -0.331 e. The molecule has 45 heavy (non-hydrogen) atoms. The first kappa shape index (κ1) is 29.5. The molecule has 1 atom stereocenters. The van der Waals surface area contributed by atoms with Crippen molar-refractivity contribution in [1.29, 1.82) is 0 Å². The number of imidazole rings is 1. The Morgan fingerprint density at radius 2 is 1.67 bits per heavy atom. The van der Waals surface area contributed by atoms with Crippen molar-refractivity contribution in [2.75, 3.05) is 31.3 Å². The van der Waals surface area contributed by atoms with Crippen LogP contribution in [0.4, 0.5) is 22.1 Å². The van der Waals surface area contributed by atoms with Crippen LogP contribution in [0.2, 0.25) is 0 Å². The van der Waals surface area contributed by atoms with Gasteiger partial charge < -0.3 is 20.9 Å². The quantitative estimate of drug-likeness (QED) is 0.155. The molecular formula is C36H36N8O. The second kappa shape index (κ2) is 13.4. The smallest absolute Gasteiger partial charge is 0.319 e. The second-order valence-corrected chi connectivity index (χ2v) is 11.2. The van der Waals surface area contributed by atoms with Gasteiger partial charge in [0.05, 0.1) is 23.1 Å². The lowest BCUT2D eigenvalue weighted by atomic mass is 10.1. The first-order valence-corrected chi connectivity index (χ1v) is 15.0. The molecule has 3 N–H and O–H groups in total. The van der Waals surface area contributed by atoms with E-state index in [1.807, 2.05) is 109 Å². The average molecular weight is 597 g/mol. The molecule has 2 amide bonds. The highest BCUT2D eigenvalue weighted by atomic mass is 16.2. The maximum absolute atomic E-state index is 12.9. The van der Waals surface area contributed by atoms with Crippen LogP contribution in [-0.4, -0.2) is 50.9 Å². The SMILES string of the molecule is C[C@@H](NC(=O)Nc1cccc(-c2nc3ccccn3c2-c2ccnc(Nc3cccc(CCN(C)C)c3)n2)c1)c1ccccc1. The summed E-state index contributed by atoms with van der Waals surface area (Å²) in [4.78, 5) is 29.5. The van der Waals surface area contributed by atoms with Gasteiger partial charge in [0, 0.05) is 35.9 Å². The van der Waals surface area contributed by atoms with Gasteiger partial charge in [0.2, 0.25) is 5.95 Å². The zero-order valence-corrected chi connectivity index (χ0v) is 25.6. The van der Waals surface area contributed by atoms with Gasteiger partial charge in [-0.3, -0.25) is 4.40 Å². The summed E-state index contributed by atoms with van der Waals surface area (Å²) in [6.45, 7) is 2.93. The minimum absolute atomic E-state index is 0.138. The Labute approximate surface area is 263 Å². The van der Waals surface area contributed by atoms with Crippen LogP contribution in [0.25, 0.3) is 28.3 Å². The fraction of sp³-hybridized carbons (Fsp3) is 0.167. The number of benzene rings is 3.